The molecule has 0 unspecified atom stereocenters. The van der Waals surface area contributed by atoms with E-state index in [1.165, 1.54) is 4.68 Å². The molecule has 22 heavy (non-hydrogen) atoms. The molecule has 120 valence electrons. The first-order valence-electron chi connectivity index (χ1n) is 5.75. The van der Waals surface area contributed by atoms with Crippen molar-refractivity contribution in [2.24, 2.45) is 7.05 Å². The van der Waals surface area contributed by atoms with Crippen LogP contribution in [0.3, 0.4) is 0 Å². The molecular weight excluding hydrogens is 321 g/mol. The number of phosphoric ester groups is 1. The van der Waals surface area contributed by atoms with E-state index in [0.29, 0.717) is 11.1 Å². The first kappa shape index (κ1) is 16.1. The van der Waals surface area contributed by atoms with Crippen LogP contribution in [0.2, 0.25) is 0 Å². The second-order valence-electron chi connectivity index (χ2n) is 4.13. The SMILES string of the molecule is Cc1nn(C)c2c(=O)[nH]nc(NC(=O)OCOP(=O)(O)O)c12. The molecule has 2 aromatic rings. The molecule has 4 N–H and O–H groups in total. The minimum atomic E-state index is -4.74. The number of nitrogens with zero attached hydrogens (tertiary/aromatic N) is 3. The molecule has 0 spiro atoms. The zero-order valence-electron chi connectivity index (χ0n) is 11.4. The van der Waals surface area contributed by atoms with Gasteiger partial charge in [0.15, 0.2) is 5.82 Å². The molecule has 0 radical (unpaired) electrons. The van der Waals surface area contributed by atoms with E-state index in [2.05, 4.69) is 29.9 Å². The van der Waals surface area contributed by atoms with Gasteiger partial charge in [0, 0.05) is 7.05 Å². The number of phosphoric acid groups is 1. The third kappa shape index (κ3) is 3.49. The lowest BCUT2D eigenvalue weighted by atomic mass is 10.2. The Morgan fingerprint density at radius 3 is 2.82 bits per heavy atom. The van der Waals surface area contributed by atoms with Crippen LogP contribution >= 0.6 is 7.82 Å². The summed E-state index contributed by atoms with van der Waals surface area (Å²) in [7, 11) is -3.18. The molecule has 0 aromatic carbocycles. The maximum absolute atomic E-state index is 11.7. The molecule has 0 atom stereocenters. The van der Waals surface area contributed by atoms with Crippen molar-refractivity contribution in [3.8, 4) is 0 Å². The Morgan fingerprint density at radius 2 is 2.18 bits per heavy atom. The molecule has 0 saturated carbocycles. The van der Waals surface area contributed by atoms with E-state index in [1.54, 1.807) is 14.0 Å². The maximum atomic E-state index is 11.7. The van der Waals surface area contributed by atoms with Gasteiger partial charge in [-0.3, -0.25) is 14.8 Å². The number of anilines is 1. The molecule has 2 heterocycles. The lowest BCUT2D eigenvalue weighted by Crippen LogP contribution is -2.19. The van der Waals surface area contributed by atoms with E-state index in [9.17, 15) is 14.2 Å². The van der Waals surface area contributed by atoms with Gasteiger partial charge in [0.1, 0.15) is 5.52 Å². The van der Waals surface area contributed by atoms with Gasteiger partial charge in [0.05, 0.1) is 11.1 Å². The third-order valence-electron chi connectivity index (χ3n) is 2.57. The molecule has 0 fully saturated rings. The molecule has 13 heteroatoms. The maximum Gasteiger partial charge on any atom is 0.472 e. The quantitative estimate of drug-likeness (QED) is 0.429. The average molecular weight is 333 g/mol. The molecule has 1 amide bonds. The van der Waals surface area contributed by atoms with Crippen LogP contribution in [0.5, 0.6) is 0 Å². The number of aromatic nitrogens is 4. The summed E-state index contributed by atoms with van der Waals surface area (Å²) in [4.78, 5) is 40.1. The Bertz CT molecular complexity index is 822. The zero-order chi connectivity index (χ0) is 16.5. The van der Waals surface area contributed by atoms with E-state index in [1.807, 2.05) is 0 Å². The number of H-pyrrole nitrogens is 1. The zero-order valence-corrected chi connectivity index (χ0v) is 12.3. The lowest BCUT2D eigenvalue weighted by Gasteiger charge is -2.08. The van der Waals surface area contributed by atoms with E-state index in [-0.39, 0.29) is 11.3 Å². The summed E-state index contributed by atoms with van der Waals surface area (Å²) in [6, 6.07) is 0. The number of carbonyl (C=O) groups is 1. The number of hydrogen-bond donors (Lipinski definition) is 4. The number of nitrogens with one attached hydrogen (secondary N) is 2. The van der Waals surface area contributed by atoms with Crippen LogP contribution in [0.4, 0.5) is 10.6 Å². The minimum Gasteiger partial charge on any atom is -0.421 e. The summed E-state index contributed by atoms with van der Waals surface area (Å²) in [6.45, 7) is 0.672. The van der Waals surface area contributed by atoms with Crippen LogP contribution in [0.1, 0.15) is 5.69 Å². The van der Waals surface area contributed by atoms with Crippen molar-refractivity contribution in [1.29, 1.82) is 0 Å². The molecule has 2 aromatic heterocycles. The van der Waals surface area contributed by atoms with Gasteiger partial charge < -0.3 is 14.5 Å². The Hall–Kier alpha value is -2.27. The van der Waals surface area contributed by atoms with Crippen molar-refractivity contribution in [3.05, 3.63) is 16.0 Å². The number of aryl methyl sites for hydroxylation is 2. The average Bonchev–Trinajstić information content (AvgIpc) is 2.68. The molecule has 0 aliphatic carbocycles. The van der Waals surface area contributed by atoms with E-state index >= 15 is 0 Å². The van der Waals surface area contributed by atoms with Crippen LogP contribution in [0, 0.1) is 6.92 Å². The molecule has 0 saturated heterocycles. The van der Waals surface area contributed by atoms with Gasteiger partial charge in [-0.05, 0) is 6.92 Å². The van der Waals surface area contributed by atoms with Gasteiger partial charge in [-0.2, -0.15) is 10.2 Å². The van der Waals surface area contributed by atoms with Gasteiger partial charge in [0.25, 0.3) is 5.56 Å². The fourth-order valence-corrected chi connectivity index (χ4v) is 1.98. The molecule has 0 aliphatic rings. The number of carbonyl (C=O) groups excluding carboxylic acids is 1. The summed E-state index contributed by atoms with van der Waals surface area (Å²) < 4.78 is 20.1. The van der Waals surface area contributed by atoms with Crippen LogP contribution in [-0.4, -0.2) is 42.7 Å². The first-order valence-corrected chi connectivity index (χ1v) is 7.28. The Labute approximate surface area is 122 Å². The van der Waals surface area contributed by atoms with Gasteiger partial charge in [0.2, 0.25) is 6.79 Å². The third-order valence-corrected chi connectivity index (χ3v) is 3.02. The molecular formula is C9H12N5O7P. The molecule has 2 rings (SSSR count). The molecule has 12 nitrogen and oxygen atoms in total. The van der Waals surface area contributed by atoms with Gasteiger partial charge in [-0.15, -0.1) is 0 Å². The largest absolute Gasteiger partial charge is 0.472 e. The predicted octanol–water partition coefficient (Wildman–Crippen LogP) is -0.420. The van der Waals surface area contributed by atoms with E-state index < -0.39 is 26.3 Å². The van der Waals surface area contributed by atoms with Crippen LogP contribution in [-0.2, 0) is 20.9 Å². The van der Waals surface area contributed by atoms with Crippen LogP contribution in [0.25, 0.3) is 10.9 Å². The van der Waals surface area contributed by atoms with Crippen molar-refractivity contribution in [2.45, 2.75) is 6.92 Å². The normalized spacial score (nSPS) is 11.6. The van der Waals surface area contributed by atoms with E-state index in [0.717, 1.165) is 0 Å². The standard InChI is InChI=1S/C9H12N5O7P/c1-4-5-6(14(2)13-4)8(15)12-11-7(5)10-9(16)20-3-21-22(17,18)19/h3H2,1-2H3,(H,12,15)(H,10,11,16)(H2,17,18,19). The number of fused-ring (bicyclic) bond motifs is 1. The van der Waals surface area contributed by atoms with Crippen molar-refractivity contribution in [3.63, 3.8) is 0 Å². The molecule has 0 bridgehead atoms. The van der Waals surface area contributed by atoms with Crippen molar-refractivity contribution in [1.82, 2.24) is 20.0 Å². The Balaban J connectivity index is 2.19. The first-order chi connectivity index (χ1) is 10.2. The highest BCUT2D eigenvalue weighted by Crippen LogP contribution is 2.35. The van der Waals surface area contributed by atoms with Gasteiger partial charge in [-0.1, -0.05) is 0 Å². The topological polar surface area (TPSA) is 169 Å². The fraction of sp³-hybridized carbons (Fsp3) is 0.333. The van der Waals surface area contributed by atoms with Crippen molar-refractivity contribution < 1.29 is 28.4 Å². The number of ether oxygens (including phenoxy) is 1. The number of rotatable bonds is 4. The second kappa shape index (κ2) is 5.85. The van der Waals surface area contributed by atoms with Crippen LogP contribution in [0.15, 0.2) is 4.79 Å². The van der Waals surface area contributed by atoms with E-state index in [4.69, 9.17) is 9.79 Å². The highest BCUT2D eigenvalue weighted by atomic mass is 31.2. The summed E-state index contributed by atoms with van der Waals surface area (Å²) in [5, 5.41) is 12.5. The summed E-state index contributed by atoms with van der Waals surface area (Å²) >= 11 is 0. The monoisotopic (exact) mass is 333 g/mol. The Morgan fingerprint density at radius 1 is 1.50 bits per heavy atom. The lowest BCUT2D eigenvalue weighted by molar-refractivity contribution is 0.0470. The van der Waals surface area contributed by atoms with Crippen molar-refractivity contribution >= 4 is 30.6 Å². The fourth-order valence-electron chi connectivity index (χ4n) is 1.79. The van der Waals surface area contributed by atoms with Crippen LogP contribution < -0.4 is 10.9 Å². The summed E-state index contributed by atoms with van der Waals surface area (Å²) in [5.41, 5.74) is 0.175. The smallest absolute Gasteiger partial charge is 0.421 e. The Kier molecular flexibility index (Phi) is 4.28. The van der Waals surface area contributed by atoms with Crippen molar-refractivity contribution in [2.75, 3.05) is 12.1 Å². The highest BCUT2D eigenvalue weighted by molar-refractivity contribution is 7.46. The number of aromatic amines is 1. The summed E-state index contributed by atoms with van der Waals surface area (Å²) in [5.74, 6) is -0.0126. The summed E-state index contributed by atoms with van der Waals surface area (Å²) in [6.07, 6.45) is -1.07. The van der Waals surface area contributed by atoms with Gasteiger partial charge >= 0.3 is 13.9 Å². The molecule has 0 aliphatic heterocycles. The van der Waals surface area contributed by atoms with Gasteiger partial charge in [-0.25, -0.2) is 19.0 Å². The number of hydrogen-bond acceptors (Lipinski definition) is 7. The minimum absolute atomic E-state index is 0.0126. The number of amides is 1. The highest BCUT2D eigenvalue weighted by Gasteiger charge is 2.18. The second-order valence-corrected chi connectivity index (χ2v) is 5.37. The predicted molar refractivity (Wildman–Crippen MR) is 72.0 cm³/mol.